The maximum absolute atomic E-state index is 13.1. The van der Waals surface area contributed by atoms with Crippen molar-refractivity contribution < 1.29 is 27.6 Å². The Bertz CT molecular complexity index is 1040. The molecule has 11 heteroatoms. The molecule has 1 fully saturated rings. The standard InChI is InChI=1S/C19H21N3O7S/c23-22(24)14-5-6-16(19(11-14)30(25,26)21-7-9-27-10-8-21)20-12-15-13-28-17-3-1-2-4-18(17)29-15/h1-6,11,15,20H,7-10,12-13H2/t15-/m0/s1. The maximum Gasteiger partial charge on any atom is 0.270 e. The molecule has 0 bridgehead atoms. The van der Waals surface area contributed by atoms with Gasteiger partial charge in [-0.3, -0.25) is 10.1 Å². The number of benzene rings is 2. The van der Waals surface area contributed by atoms with Gasteiger partial charge in [0, 0.05) is 25.2 Å². The van der Waals surface area contributed by atoms with E-state index in [2.05, 4.69) is 5.32 Å². The summed E-state index contributed by atoms with van der Waals surface area (Å²) in [5.41, 5.74) is -0.0203. The van der Waals surface area contributed by atoms with Crippen LogP contribution in [0, 0.1) is 10.1 Å². The van der Waals surface area contributed by atoms with Crippen molar-refractivity contribution in [1.82, 2.24) is 4.31 Å². The average Bonchev–Trinajstić information content (AvgIpc) is 2.78. The molecule has 0 aromatic heterocycles. The van der Waals surface area contributed by atoms with E-state index < -0.39 is 14.9 Å². The minimum atomic E-state index is -3.94. The molecule has 2 aliphatic heterocycles. The first-order valence-electron chi connectivity index (χ1n) is 9.44. The summed E-state index contributed by atoms with van der Waals surface area (Å²) in [4.78, 5) is 10.5. The van der Waals surface area contributed by atoms with Gasteiger partial charge in [0.25, 0.3) is 5.69 Å². The van der Waals surface area contributed by atoms with Crippen LogP contribution in [0.3, 0.4) is 0 Å². The molecule has 30 heavy (non-hydrogen) atoms. The second-order valence-electron chi connectivity index (χ2n) is 6.83. The number of ether oxygens (including phenoxy) is 3. The van der Waals surface area contributed by atoms with Gasteiger partial charge >= 0.3 is 0 Å². The quantitative estimate of drug-likeness (QED) is 0.539. The molecular formula is C19H21N3O7S. The van der Waals surface area contributed by atoms with Crippen molar-refractivity contribution in [3.8, 4) is 11.5 Å². The van der Waals surface area contributed by atoms with Gasteiger partial charge in [-0.25, -0.2) is 8.42 Å². The molecule has 2 aliphatic rings. The second-order valence-corrected chi connectivity index (χ2v) is 8.74. The lowest BCUT2D eigenvalue weighted by Gasteiger charge is -2.28. The van der Waals surface area contributed by atoms with E-state index in [1.807, 2.05) is 18.2 Å². The Morgan fingerprint density at radius 3 is 2.60 bits per heavy atom. The molecule has 4 rings (SSSR count). The van der Waals surface area contributed by atoms with Crippen LogP contribution in [0.5, 0.6) is 11.5 Å². The Hall–Kier alpha value is -2.89. The van der Waals surface area contributed by atoms with E-state index in [0.717, 1.165) is 6.07 Å². The summed E-state index contributed by atoms with van der Waals surface area (Å²) < 4.78 is 44.4. The molecule has 2 aromatic rings. The van der Waals surface area contributed by atoms with Crippen molar-refractivity contribution in [3.63, 3.8) is 0 Å². The number of anilines is 1. The summed E-state index contributed by atoms with van der Waals surface area (Å²) in [7, 11) is -3.94. The number of rotatable bonds is 6. The van der Waals surface area contributed by atoms with E-state index in [1.165, 1.54) is 16.4 Å². The van der Waals surface area contributed by atoms with Gasteiger partial charge < -0.3 is 19.5 Å². The number of hydrogen-bond donors (Lipinski definition) is 1. The molecule has 0 saturated carbocycles. The molecule has 0 aliphatic carbocycles. The summed E-state index contributed by atoms with van der Waals surface area (Å²) in [6, 6.07) is 11.0. The van der Waals surface area contributed by atoms with Crippen LogP contribution in [-0.2, 0) is 14.8 Å². The number of para-hydroxylation sites is 2. The molecule has 2 heterocycles. The van der Waals surface area contributed by atoms with Crippen molar-refractivity contribution in [2.75, 3.05) is 44.8 Å². The smallest absolute Gasteiger partial charge is 0.270 e. The van der Waals surface area contributed by atoms with E-state index in [0.29, 0.717) is 18.1 Å². The predicted octanol–water partition coefficient (Wildman–Crippen LogP) is 1.87. The molecule has 0 spiro atoms. The van der Waals surface area contributed by atoms with Gasteiger partial charge in [0.15, 0.2) is 11.5 Å². The molecular weight excluding hydrogens is 414 g/mol. The first-order chi connectivity index (χ1) is 14.4. The van der Waals surface area contributed by atoms with Gasteiger partial charge in [0.1, 0.15) is 17.6 Å². The van der Waals surface area contributed by atoms with Crippen molar-refractivity contribution in [1.29, 1.82) is 0 Å². The number of nitrogens with one attached hydrogen (secondary N) is 1. The van der Waals surface area contributed by atoms with E-state index in [1.54, 1.807) is 6.07 Å². The van der Waals surface area contributed by atoms with Gasteiger partial charge in [-0.2, -0.15) is 4.31 Å². The second kappa shape index (κ2) is 8.46. The minimum absolute atomic E-state index is 0.143. The number of nitro benzene ring substituents is 1. The van der Waals surface area contributed by atoms with E-state index in [9.17, 15) is 18.5 Å². The maximum atomic E-state index is 13.1. The number of sulfonamides is 1. The van der Waals surface area contributed by atoms with Crippen LogP contribution >= 0.6 is 0 Å². The first-order valence-corrected chi connectivity index (χ1v) is 10.9. The predicted molar refractivity (Wildman–Crippen MR) is 108 cm³/mol. The van der Waals surface area contributed by atoms with Crippen molar-refractivity contribution in [2.24, 2.45) is 0 Å². The Balaban J connectivity index is 1.56. The highest BCUT2D eigenvalue weighted by Crippen LogP contribution is 2.32. The summed E-state index contributed by atoms with van der Waals surface area (Å²) in [5, 5.41) is 14.3. The highest BCUT2D eigenvalue weighted by molar-refractivity contribution is 7.89. The first kappa shape index (κ1) is 20.4. The third-order valence-corrected chi connectivity index (χ3v) is 6.79. The van der Waals surface area contributed by atoms with Crippen molar-refractivity contribution in [2.45, 2.75) is 11.0 Å². The fourth-order valence-corrected chi connectivity index (χ4v) is 4.89. The molecule has 1 atom stereocenters. The third-order valence-electron chi connectivity index (χ3n) is 4.85. The van der Waals surface area contributed by atoms with Crippen LogP contribution in [-0.4, -0.2) is 63.2 Å². The van der Waals surface area contributed by atoms with Crippen LogP contribution in [0.25, 0.3) is 0 Å². The molecule has 0 amide bonds. The fraction of sp³-hybridized carbons (Fsp3) is 0.368. The topological polar surface area (TPSA) is 120 Å². The van der Waals surface area contributed by atoms with Crippen molar-refractivity contribution in [3.05, 3.63) is 52.6 Å². The SMILES string of the molecule is O=[N+]([O-])c1ccc(NC[C@H]2COc3ccccc3O2)c(S(=O)(=O)N2CCOCC2)c1. The number of hydrogen-bond acceptors (Lipinski definition) is 8. The molecule has 10 nitrogen and oxygen atoms in total. The number of nitrogens with zero attached hydrogens (tertiary/aromatic N) is 2. The Labute approximate surface area is 173 Å². The monoisotopic (exact) mass is 435 g/mol. The van der Waals surface area contributed by atoms with Gasteiger partial charge in [-0.1, -0.05) is 12.1 Å². The minimum Gasteiger partial charge on any atom is -0.486 e. The fourth-order valence-electron chi connectivity index (χ4n) is 3.30. The molecule has 0 unspecified atom stereocenters. The van der Waals surface area contributed by atoms with Crippen LogP contribution in [0.1, 0.15) is 0 Å². The van der Waals surface area contributed by atoms with E-state index in [4.69, 9.17) is 14.2 Å². The van der Waals surface area contributed by atoms with E-state index in [-0.39, 0.29) is 55.2 Å². The Morgan fingerprint density at radius 2 is 1.87 bits per heavy atom. The lowest BCUT2D eigenvalue weighted by atomic mass is 10.2. The molecule has 1 saturated heterocycles. The van der Waals surface area contributed by atoms with Gasteiger partial charge in [0.05, 0.1) is 30.4 Å². The van der Waals surface area contributed by atoms with E-state index >= 15 is 0 Å². The van der Waals surface area contributed by atoms with Crippen molar-refractivity contribution >= 4 is 21.4 Å². The number of nitro groups is 1. The third kappa shape index (κ3) is 4.18. The zero-order valence-electron chi connectivity index (χ0n) is 16.0. The van der Waals surface area contributed by atoms with Crippen LogP contribution in [0.2, 0.25) is 0 Å². The summed E-state index contributed by atoms with van der Waals surface area (Å²) in [6.07, 6.45) is -0.353. The lowest BCUT2D eigenvalue weighted by molar-refractivity contribution is -0.385. The largest absolute Gasteiger partial charge is 0.486 e. The molecule has 2 aromatic carbocycles. The molecule has 1 N–H and O–H groups in total. The highest BCUT2D eigenvalue weighted by atomic mass is 32.2. The number of fused-ring (bicyclic) bond motifs is 1. The zero-order chi connectivity index (χ0) is 21.1. The summed E-state index contributed by atoms with van der Waals surface area (Å²) in [5.74, 6) is 1.26. The zero-order valence-corrected chi connectivity index (χ0v) is 16.8. The van der Waals surface area contributed by atoms with Crippen LogP contribution in [0.4, 0.5) is 11.4 Å². The lowest BCUT2D eigenvalue weighted by Crippen LogP contribution is -2.41. The Kier molecular flexibility index (Phi) is 5.75. The highest BCUT2D eigenvalue weighted by Gasteiger charge is 2.31. The van der Waals surface area contributed by atoms with Crippen LogP contribution in [0.15, 0.2) is 47.4 Å². The molecule has 0 radical (unpaired) electrons. The van der Waals surface area contributed by atoms with Crippen LogP contribution < -0.4 is 14.8 Å². The normalized spacial score (nSPS) is 19.3. The van der Waals surface area contributed by atoms with Gasteiger partial charge in [-0.05, 0) is 18.2 Å². The van der Waals surface area contributed by atoms with Gasteiger partial charge in [0.2, 0.25) is 10.0 Å². The number of non-ortho nitro benzene ring substituents is 1. The Morgan fingerprint density at radius 1 is 1.13 bits per heavy atom. The molecule has 160 valence electrons. The average molecular weight is 435 g/mol. The summed E-state index contributed by atoms with van der Waals surface area (Å²) in [6.45, 7) is 1.51. The number of morpholine rings is 1. The van der Waals surface area contributed by atoms with Gasteiger partial charge in [-0.15, -0.1) is 0 Å². The summed E-state index contributed by atoms with van der Waals surface area (Å²) >= 11 is 0.